The van der Waals surface area contributed by atoms with Gasteiger partial charge in [0.15, 0.2) is 0 Å². The van der Waals surface area contributed by atoms with Crippen molar-refractivity contribution in [2.45, 2.75) is 25.7 Å². The Bertz CT molecular complexity index is 489. The molecule has 2 fully saturated rings. The van der Waals surface area contributed by atoms with Crippen LogP contribution in [0.1, 0.15) is 25.7 Å². The molecule has 3 rings (SSSR count). The second-order valence-corrected chi connectivity index (χ2v) is 5.39. The van der Waals surface area contributed by atoms with Gasteiger partial charge in [-0.2, -0.15) is 0 Å². The molecule has 2 bridgehead atoms. The molecule has 0 heterocycles. The molecule has 2 saturated carbocycles. The van der Waals surface area contributed by atoms with Gasteiger partial charge in [0.05, 0.1) is 5.69 Å². The third-order valence-corrected chi connectivity index (χ3v) is 4.26. The van der Waals surface area contributed by atoms with Crippen LogP contribution in [0.2, 0.25) is 0 Å². The summed E-state index contributed by atoms with van der Waals surface area (Å²) in [5.41, 5.74) is 0.0733. The zero-order chi connectivity index (χ0) is 12.7. The quantitative estimate of drug-likeness (QED) is 0.858. The molecule has 1 N–H and O–H groups in total. The van der Waals surface area contributed by atoms with Gasteiger partial charge in [-0.05, 0) is 43.2 Å². The number of anilines is 1. The second-order valence-electron chi connectivity index (χ2n) is 5.39. The van der Waals surface area contributed by atoms with Crippen LogP contribution in [-0.2, 0) is 4.79 Å². The van der Waals surface area contributed by atoms with Gasteiger partial charge in [-0.1, -0.05) is 6.42 Å². The molecule has 2 aliphatic rings. The van der Waals surface area contributed by atoms with E-state index < -0.39 is 11.6 Å². The Hall–Kier alpha value is -1.45. The number of hydrogen-bond donors (Lipinski definition) is 1. The summed E-state index contributed by atoms with van der Waals surface area (Å²) in [5.74, 6) is -0.333. The summed E-state index contributed by atoms with van der Waals surface area (Å²) in [6.07, 6.45) is 4.37. The molecule has 4 heteroatoms. The highest BCUT2D eigenvalue weighted by atomic mass is 19.1. The van der Waals surface area contributed by atoms with Crippen molar-refractivity contribution in [2.24, 2.45) is 17.8 Å². The summed E-state index contributed by atoms with van der Waals surface area (Å²) in [7, 11) is 0. The topological polar surface area (TPSA) is 29.1 Å². The highest BCUT2D eigenvalue weighted by Crippen LogP contribution is 2.48. The first kappa shape index (κ1) is 11.6. The van der Waals surface area contributed by atoms with Crippen molar-refractivity contribution in [3.63, 3.8) is 0 Å². The van der Waals surface area contributed by atoms with Crippen LogP contribution in [0.4, 0.5) is 14.5 Å². The molecule has 0 spiro atoms. The van der Waals surface area contributed by atoms with E-state index in [4.69, 9.17) is 0 Å². The number of nitrogens with one attached hydrogen (secondary N) is 1. The molecular formula is C14H15F2NO. The van der Waals surface area contributed by atoms with Crippen molar-refractivity contribution >= 4 is 11.6 Å². The van der Waals surface area contributed by atoms with E-state index in [9.17, 15) is 13.6 Å². The SMILES string of the molecule is O=C(Nc1ccc(F)cc1F)[C@H]1C[C@H]2CC[C@@H]1C2. The van der Waals surface area contributed by atoms with E-state index in [1.807, 2.05) is 0 Å². The Morgan fingerprint density at radius 1 is 1.22 bits per heavy atom. The van der Waals surface area contributed by atoms with Gasteiger partial charge in [0, 0.05) is 12.0 Å². The van der Waals surface area contributed by atoms with Gasteiger partial charge in [-0.25, -0.2) is 8.78 Å². The monoisotopic (exact) mass is 251 g/mol. The lowest BCUT2D eigenvalue weighted by Crippen LogP contribution is -2.27. The molecule has 1 aromatic carbocycles. The van der Waals surface area contributed by atoms with Crippen LogP contribution in [0.5, 0.6) is 0 Å². The first-order valence-electron chi connectivity index (χ1n) is 6.39. The number of benzene rings is 1. The fourth-order valence-corrected chi connectivity index (χ4v) is 3.38. The van der Waals surface area contributed by atoms with E-state index in [0.717, 1.165) is 31.4 Å². The summed E-state index contributed by atoms with van der Waals surface area (Å²) in [4.78, 5) is 12.1. The minimum Gasteiger partial charge on any atom is -0.323 e. The predicted molar refractivity (Wildman–Crippen MR) is 63.9 cm³/mol. The highest BCUT2D eigenvalue weighted by Gasteiger charge is 2.43. The van der Waals surface area contributed by atoms with Crippen molar-refractivity contribution in [2.75, 3.05) is 5.32 Å². The molecule has 1 aromatic rings. The standard InChI is InChI=1S/C14H15F2NO/c15-10-3-4-13(12(16)7-10)17-14(18)11-6-8-1-2-9(11)5-8/h3-4,7-9,11H,1-2,5-6H2,(H,17,18)/t8-,9+,11-/m0/s1. The van der Waals surface area contributed by atoms with E-state index in [0.29, 0.717) is 11.8 Å². The molecule has 0 radical (unpaired) electrons. The Balaban J connectivity index is 1.71. The third kappa shape index (κ3) is 2.00. The minimum atomic E-state index is -0.716. The van der Waals surface area contributed by atoms with Crippen LogP contribution in [-0.4, -0.2) is 5.91 Å². The van der Waals surface area contributed by atoms with E-state index in [1.54, 1.807) is 0 Å². The van der Waals surface area contributed by atoms with Crippen molar-refractivity contribution in [1.29, 1.82) is 0 Å². The smallest absolute Gasteiger partial charge is 0.227 e. The van der Waals surface area contributed by atoms with Gasteiger partial charge < -0.3 is 5.32 Å². The summed E-state index contributed by atoms with van der Waals surface area (Å²) < 4.78 is 26.2. The van der Waals surface area contributed by atoms with E-state index in [2.05, 4.69) is 5.32 Å². The number of rotatable bonds is 2. The maximum Gasteiger partial charge on any atom is 0.227 e. The first-order chi connectivity index (χ1) is 8.63. The largest absolute Gasteiger partial charge is 0.323 e. The maximum atomic E-state index is 13.4. The molecule has 2 nitrogen and oxygen atoms in total. The zero-order valence-corrected chi connectivity index (χ0v) is 9.96. The number of amides is 1. The van der Waals surface area contributed by atoms with Gasteiger partial charge >= 0.3 is 0 Å². The maximum absolute atomic E-state index is 13.4. The number of hydrogen-bond acceptors (Lipinski definition) is 1. The number of halogens is 2. The summed E-state index contributed by atoms with van der Waals surface area (Å²) in [6, 6.07) is 3.21. The Morgan fingerprint density at radius 2 is 2.06 bits per heavy atom. The molecule has 0 saturated heterocycles. The first-order valence-corrected chi connectivity index (χ1v) is 6.39. The van der Waals surface area contributed by atoms with Crippen LogP contribution in [0.25, 0.3) is 0 Å². The number of fused-ring (bicyclic) bond motifs is 2. The second kappa shape index (κ2) is 4.34. The van der Waals surface area contributed by atoms with Crippen molar-refractivity contribution in [3.05, 3.63) is 29.8 Å². The Kier molecular flexibility index (Phi) is 2.80. The molecule has 3 atom stereocenters. The molecule has 0 aromatic heterocycles. The lowest BCUT2D eigenvalue weighted by molar-refractivity contribution is -0.121. The fourth-order valence-electron chi connectivity index (χ4n) is 3.38. The molecule has 18 heavy (non-hydrogen) atoms. The Morgan fingerprint density at radius 3 is 2.67 bits per heavy atom. The molecular weight excluding hydrogens is 236 g/mol. The van der Waals surface area contributed by atoms with Crippen LogP contribution in [0, 0.1) is 29.4 Å². The lowest BCUT2D eigenvalue weighted by Gasteiger charge is -2.20. The average Bonchev–Trinajstić information content (AvgIpc) is 2.94. The van der Waals surface area contributed by atoms with Crippen molar-refractivity contribution in [3.8, 4) is 0 Å². The molecule has 1 amide bonds. The molecule has 0 aliphatic heterocycles. The van der Waals surface area contributed by atoms with Gasteiger partial charge in [0.2, 0.25) is 5.91 Å². The van der Waals surface area contributed by atoms with Gasteiger partial charge in [0.1, 0.15) is 11.6 Å². The van der Waals surface area contributed by atoms with E-state index in [1.165, 1.54) is 12.5 Å². The fraction of sp³-hybridized carbons (Fsp3) is 0.500. The third-order valence-electron chi connectivity index (χ3n) is 4.26. The molecule has 0 unspecified atom stereocenters. The average molecular weight is 251 g/mol. The van der Waals surface area contributed by atoms with E-state index >= 15 is 0 Å². The van der Waals surface area contributed by atoms with Gasteiger partial charge in [-0.15, -0.1) is 0 Å². The van der Waals surface area contributed by atoms with Crippen molar-refractivity contribution in [1.82, 2.24) is 0 Å². The van der Waals surface area contributed by atoms with Crippen molar-refractivity contribution < 1.29 is 13.6 Å². The molecule has 96 valence electrons. The van der Waals surface area contributed by atoms with Gasteiger partial charge in [-0.3, -0.25) is 4.79 Å². The highest BCUT2D eigenvalue weighted by molar-refractivity contribution is 5.93. The van der Waals surface area contributed by atoms with Gasteiger partial charge in [0.25, 0.3) is 0 Å². The predicted octanol–water partition coefficient (Wildman–Crippen LogP) is 3.34. The Labute approximate surface area is 104 Å². The van der Waals surface area contributed by atoms with E-state index in [-0.39, 0.29) is 17.5 Å². The lowest BCUT2D eigenvalue weighted by atomic mass is 9.88. The zero-order valence-electron chi connectivity index (χ0n) is 9.96. The summed E-state index contributed by atoms with van der Waals surface area (Å²) in [5, 5.41) is 2.58. The van der Waals surface area contributed by atoms with Crippen LogP contribution < -0.4 is 5.32 Å². The number of carbonyl (C=O) groups excluding carboxylic acids is 1. The summed E-state index contributed by atoms with van der Waals surface area (Å²) in [6.45, 7) is 0. The van der Waals surface area contributed by atoms with Crippen LogP contribution in [0.3, 0.4) is 0 Å². The van der Waals surface area contributed by atoms with Crippen LogP contribution in [0.15, 0.2) is 18.2 Å². The molecule has 2 aliphatic carbocycles. The van der Waals surface area contributed by atoms with Crippen LogP contribution >= 0.6 is 0 Å². The normalized spacial score (nSPS) is 29.6. The number of carbonyl (C=O) groups is 1. The summed E-state index contributed by atoms with van der Waals surface area (Å²) >= 11 is 0. The minimum absolute atomic E-state index is 0.00760.